The molecule has 0 bridgehead atoms. The molecule has 82 valence electrons. The van der Waals surface area contributed by atoms with E-state index in [1.54, 1.807) is 18.0 Å². The average molecular weight is 227 g/mol. The smallest absolute Gasteiger partial charge is 0.247 e. The monoisotopic (exact) mass is 226 g/mol. The summed E-state index contributed by atoms with van der Waals surface area (Å²) in [4.78, 5) is 17.0. The van der Waals surface area contributed by atoms with Crippen LogP contribution in [0.25, 0.3) is 0 Å². The van der Waals surface area contributed by atoms with E-state index in [0.717, 1.165) is 5.57 Å². The molecule has 3 nitrogen and oxygen atoms in total. The molecule has 1 amide bonds. The first kappa shape index (κ1) is 12.0. The van der Waals surface area contributed by atoms with Crippen LogP contribution in [0.15, 0.2) is 29.3 Å². The predicted octanol–water partition coefficient (Wildman–Crippen LogP) is 1.64. The third-order valence-corrected chi connectivity index (χ3v) is 3.63. The summed E-state index contributed by atoms with van der Waals surface area (Å²) in [6, 6.07) is 0. The quantitative estimate of drug-likeness (QED) is 0.409. The van der Waals surface area contributed by atoms with Crippen molar-refractivity contribution in [3.63, 3.8) is 0 Å². The van der Waals surface area contributed by atoms with Gasteiger partial charge in [0.1, 0.15) is 0 Å². The van der Waals surface area contributed by atoms with Gasteiger partial charge in [-0.05, 0) is 19.2 Å². The zero-order valence-electron chi connectivity index (χ0n) is 9.03. The molecular weight excluding hydrogens is 212 g/mol. The predicted molar refractivity (Wildman–Crippen MR) is 63.5 cm³/mol. The molecule has 2 atom stereocenters. The van der Waals surface area contributed by atoms with E-state index in [1.165, 1.54) is 6.08 Å². The van der Waals surface area contributed by atoms with Gasteiger partial charge in [-0.3, -0.25) is 9.79 Å². The third-order valence-electron chi connectivity index (χ3n) is 2.91. The van der Waals surface area contributed by atoms with Crippen LogP contribution in [0.2, 0.25) is 0 Å². The zero-order valence-corrected chi connectivity index (χ0v) is 9.79. The first-order valence-corrected chi connectivity index (χ1v) is 5.09. The van der Waals surface area contributed by atoms with Crippen LogP contribution in [0, 0.1) is 0 Å². The van der Waals surface area contributed by atoms with E-state index in [2.05, 4.69) is 18.3 Å². The van der Waals surface area contributed by atoms with Crippen molar-refractivity contribution < 1.29 is 4.79 Å². The van der Waals surface area contributed by atoms with Gasteiger partial charge < -0.3 is 4.90 Å². The summed E-state index contributed by atoms with van der Waals surface area (Å²) in [5.41, 5.74) is 0.227. The van der Waals surface area contributed by atoms with Gasteiger partial charge in [-0.2, -0.15) is 0 Å². The first-order chi connectivity index (χ1) is 6.97. The molecule has 0 radical (unpaired) electrons. The number of carbonyl (C=O) groups excluding carboxylic acids is 1. The summed E-state index contributed by atoms with van der Waals surface area (Å²) in [7, 11) is 1.72. The SMILES string of the molecule is C=C[C@]1(C)C(Cl)C(CN=C)=CC(=O)N1C. The number of hydrogen-bond donors (Lipinski definition) is 0. The molecule has 0 saturated carbocycles. The van der Waals surface area contributed by atoms with Crippen LogP contribution in [0.5, 0.6) is 0 Å². The zero-order chi connectivity index (χ0) is 11.6. The highest BCUT2D eigenvalue weighted by Gasteiger charge is 2.41. The number of hydrogen-bond acceptors (Lipinski definition) is 2. The van der Waals surface area contributed by atoms with Crippen molar-refractivity contribution in [1.29, 1.82) is 0 Å². The summed E-state index contributed by atoms with van der Waals surface area (Å²) in [6.45, 7) is 9.41. The van der Waals surface area contributed by atoms with Gasteiger partial charge in [0.2, 0.25) is 5.91 Å². The van der Waals surface area contributed by atoms with Gasteiger partial charge in [-0.1, -0.05) is 6.08 Å². The second kappa shape index (κ2) is 4.19. The van der Waals surface area contributed by atoms with Gasteiger partial charge >= 0.3 is 0 Å². The van der Waals surface area contributed by atoms with Gasteiger partial charge in [0.25, 0.3) is 0 Å². The fraction of sp³-hybridized carbons (Fsp3) is 0.455. The number of rotatable bonds is 3. The number of carbonyl (C=O) groups is 1. The topological polar surface area (TPSA) is 32.7 Å². The lowest BCUT2D eigenvalue weighted by Gasteiger charge is -2.43. The van der Waals surface area contributed by atoms with Crippen LogP contribution in [0.1, 0.15) is 6.92 Å². The third kappa shape index (κ3) is 1.84. The molecule has 0 aromatic rings. The minimum absolute atomic E-state index is 0.0760. The molecule has 1 heterocycles. The summed E-state index contributed by atoms with van der Waals surface area (Å²) in [6.07, 6.45) is 3.22. The van der Waals surface area contributed by atoms with E-state index >= 15 is 0 Å². The first-order valence-electron chi connectivity index (χ1n) is 4.65. The lowest BCUT2D eigenvalue weighted by molar-refractivity contribution is -0.129. The van der Waals surface area contributed by atoms with E-state index in [0.29, 0.717) is 6.54 Å². The van der Waals surface area contributed by atoms with Gasteiger partial charge in [-0.25, -0.2) is 0 Å². The molecule has 1 aliphatic heterocycles. The van der Waals surface area contributed by atoms with Crippen molar-refractivity contribution in [3.8, 4) is 0 Å². The van der Waals surface area contributed by atoms with E-state index < -0.39 is 5.54 Å². The van der Waals surface area contributed by atoms with Crippen LogP contribution in [0.3, 0.4) is 0 Å². The van der Waals surface area contributed by atoms with Gasteiger partial charge in [0.05, 0.1) is 17.5 Å². The van der Waals surface area contributed by atoms with E-state index in [4.69, 9.17) is 11.6 Å². The standard InChI is InChI=1S/C11H15ClN2O/c1-5-11(2)10(12)8(7-13-3)6-9(15)14(11)4/h5-6,10H,1,3,7H2,2,4H3/t10?,11-/m1/s1. The number of alkyl halides is 1. The molecule has 0 spiro atoms. The second-order valence-corrected chi connectivity index (χ2v) is 4.23. The molecule has 1 rings (SSSR count). The molecular formula is C11H15ClN2O. The molecule has 0 aromatic heterocycles. The number of amides is 1. The molecule has 15 heavy (non-hydrogen) atoms. The molecule has 4 heteroatoms. The van der Waals surface area contributed by atoms with Crippen molar-refractivity contribution in [3.05, 3.63) is 24.3 Å². The van der Waals surface area contributed by atoms with Crippen molar-refractivity contribution in [1.82, 2.24) is 4.90 Å². The minimum Gasteiger partial charge on any atom is -0.332 e. The Hall–Kier alpha value is -1.09. The second-order valence-electron chi connectivity index (χ2n) is 3.79. The summed E-state index contributed by atoms with van der Waals surface area (Å²) >= 11 is 6.31. The van der Waals surface area contributed by atoms with Crippen LogP contribution in [-0.2, 0) is 4.79 Å². The number of likely N-dealkylation sites (N-methyl/N-ethyl adjacent to an activating group) is 1. The van der Waals surface area contributed by atoms with E-state index in [-0.39, 0.29) is 11.3 Å². The average Bonchev–Trinajstić information content (AvgIpc) is 2.23. The number of aliphatic imine (C=N–C) groups is 1. The maximum Gasteiger partial charge on any atom is 0.247 e. The minimum atomic E-state index is -0.562. The molecule has 1 aliphatic rings. The Labute approximate surface area is 95.1 Å². The molecule has 1 unspecified atom stereocenters. The fourth-order valence-electron chi connectivity index (χ4n) is 1.61. The fourth-order valence-corrected chi connectivity index (χ4v) is 1.97. The highest BCUT2D eigenvalue weighted by molar-refractivity contribution is 6.24. The Morgan fingerprint density at radius 2 is 2.40 bits per heavy atom. The maximum absolute atomic E-state index is 11.7. The Balaban J connectivity index is 3.15. The number of nitrogens with zero attached hydrogens (tertiary/aromatic N) is 2. The molecule has 0 N–H and O–H groups in total. The Morgan fingerprint density at radius 3 is 2.87 bits per heavy atom. The van der Waals surface area contributed by atoms with Crippen LogP contribution in [0.4, 0.5) is 0 Å². The van der Waals surface area contributed by atoms with E-state index in [1.807, 2.05) is 6.92 Å². The largest absolute Gasteiger partial charge is 0.332 e. The lowest BCUT2D eigenvalue weighted by atomic mass is 9.87. The molecule has 0 fully saturated rings. The van der Waals surface area contributed by atoms with Gasteiger partial charge in [0, 0.05) is 13.1 Å². The number of halogens is 1. The van der Waals surface area contributed by atoms with Crippen molar-refractivity contribution in [2.24, 2.45) is 4.99 Å². The highest BCUT2D eigenvalue weighted by Crippen LogP contribution is 2.33. The Kier molecular flexibility index (Phi) is 3.35. The van der Waals surface area contributed by atoms with Crippen molar-refractivity contribution in [2.45, 2.75) is 17.8 Å². The van der Waals surface area contributed by atoms with Crippen LogP contribution in [-0.4, -0.2) is 42.0 Å². The Bertz CT molecular complexity index is 337. The van der Waals surface area contributed by atoms with Crippen LogP contribution >= 0.6 is 11.6 Å². The van der Waals surface area contributed by atoms with E-state index in [9.17, 15) is 4.79 Å². The van der Waals surface area contributed by atoms with Crippen molar-refractivity contribution in [2.75, 3.05) is 13.6 Å². The van der Waals surface area contributed by atoms with Gasteiger partial charge in [0.15, 0.2) is 0 Å². The maximum atomic E-state index is 11.7. The summed E-state index contributed by atoms with van der Waals surface area (Å²) < 4.78 is 0. The molecule has 0 saturated heterocycles. The van der Waals surface area contributed by atoms with Gasteiger partial charge in [-0.15, -0.1) is 18.2 Å². The molecule has 0 aromatic carbocycles. The van der Waals surface area contributed by atoms with Crippen molar-refractivity contribution >= 4 is 24.2 Å². The summed E-state index contributed by atoms with van der Waals surface area (Å²) in [5, 5.41) is -0.303. The normalized spacial score (nSPS) is 31.1. The summed E-state index contributed by atoms with van der Waals surface area (Å²) in [5.74, 6) is -0.0760. The highest BCUT2D eigenvalue weighted by atomic mass is 35.5. The van der Waals surface area contributed by atoms with Crippen LogP contribution < -0.4 is 0 Å². The lowest BCUT2D eigenvalue weighted by Crippen LogP contribution is -2.55. The Morgan fingerprint density at radius 1 is 1.80 bits per heavy atom. The molecule has 0 aliphatic carbocycles.